The third kappa shape index (κ3) is 23.8. The molecule has 11 N–H and O–H groups in total. The first-order valence-electron chi connectivity index (χ1n) is 35.5. The highest BCUT2D eigenvalue weighted by Gasteiger charge is 2.40. The van der Waals surface area contributed by atoms with E-state index in [1.807, 2.05) is 111 Å². The molecule has 1 fully saturated rings. The van der Waals surface area contributed by atoms with Crippen LogP contribution in [0, 0.1) is 18.3 Å². The summed E-state index contributed by atoms with van der Waals surface area (Å²) in [6.45, 7) is 8.42. The molecular formula is C79H91BrN12O14S. The van der Waals surface area contributed by atoms with Gasteiger partial charge in [0.1, 0.15) is 54.6 Å². The van der Waals surface area contributed by atoms with Crippen LogP contribution in [-0.4, -0.2) is 146 Å². The number of likely N-dealkylation sites (tertiary alicyclic amines) is 1. The molecule has 0 aliphatic carbocycles. The van der Waals surface area contributed by atoms with Crippen molar-refractivity contribution >= 4 is 107 Å². The van der Waals surface area contributed by atoms with Crippen LogP contribution in [0.4, 0.5) is 4.79 Å². The topological polar surface area (TPSA) is 367 Å². The highest BCUT2D eigenvalue weighted by Crippen LogP contribution is 2.25. The number of guanidine groups is 1. The van der Waals surface area contributed by atoms with Crippen LogP contribution in [0.25, 0.3) is 21.7 Å². The molecule has 8 aromatic rings. The van der Waals surface area contributed by atoms with Gasteiger partial charge in [-0.1, -0.05) is 169 Å². The van der Waals surface area contributed by atoms with E-state index >= 15 is 19.2 Å². The number of fused-ring (bicyclic) bond motifs is 2. The first kappa shape index (κ1) is 80.1. The number of sulfonamides is 1. The van der Waals surface area contributed by atoms with Gasteiger partial charge in [-0.05, 0) is 121 Å². The predicted molar refractivity (Wildman–Crippen MR) is 407 cm³/mol. The second kappa shape index (κ2) is 38.9. The lowest BCUT2D eigenvalue weighted by Crippen LogP contribution is -2.61. The van der Waals surface area contributed by atoms with E-state index in [0.717, 1.165) is 26.4 Å². The molecule has 0 bridgehead atoms. The quantitative estimate of drug-likeness (QED) is 0.00595. The van der Waals surface area contributed by atoms with Crippen molar-refractivity contribution in [3.05, 3.63) is 214 Å². The van der Waals surface area contributed by atoms with E-state index in [0.29, 0.717) is 52.5 Å². The van der Waals surface area contributed by atoms with Gasteiger partial charge in [-0.25, -0.2) is 17.9 Å². The molecule has 107 heavy (non-hydrogen) atoms. The van der Waals surface area contributed by atoms with Crippen LogP contribution in [0.15, 0.2) is 185 Å². The number of hydrogen-bond acceptors (Lipinski definition) is 15. The minimum absolute atomic E-state index is 0.00377. The van der Waals surface area contributed by atoms with E-state index in [2.05, 4.69) is 68.2 Å². The number of ether oxygens (including phenoxy) is 3. The van der Waals surface area contributed by atoms with Gasteiger partial charge >= 0.3 is 6.16 Å². The number of halogens is 1. The van der Waals surface area contributed by atoms with Crippen LogP contribution in [0.3, 0.4) is 0 Å². The van der Waals surface area contributed by atoms with Gasteiger partial charge in [-0.15, -0.1) is 0 Å². The number of carbonyl (C=O) groups excluding carboxylic acids is 9. The number of aromatic amines is 1. The molecule has 1 aliphatic rings. The van der Waals surface area contributed by atoms with Gasteiger partial charge in [0.15, 0.2) is 0 Å². The summed E-state index contributed by atoms with van der Waals surface area (Å²) in [5.74, 6) is -6.36. The number of benzene rings is 7. The number of aryl methyl sites for hydroxylation is 1. The molecule has 1 saturated heterocycles. The number of H-pyrrole nitrogens is 1. The van der Waals surface area contributed by atoms with E-state index in [1.54, 1.807) is 68.6 Å². The maximum Gasteiger partial charge on any atom is 0.514 e. The van der Waals surface area contributed by atoms with Crippen molar-refractivity contribution < 1.29 is 65.8 Å². The number of likely N-dealkylation sites (N-methyl/N-ethyl adjacent to an activating group) is 1. The maximum absolute atomic E-state index is 15.6. The molecule has 28 heteroatoms. The van der Waals surface area contributed by atoms with Crippen LogP contribution in [0.5, 0.6) is 5.75 Å². The number of rotatable bonds is 35. The molecule has 564 valence electrons. The van der Waals surface area contributed by atoms with Crippen molar-refractivity contribution in [2.24, 2.45) is 5.92 Å². The Kier molecular flexibility index (Phi) is 29.1. The molecule has 1 aromatic heterocycles. The van der Waals surface area contributed by atoms with Crippen molar-refractivity contribution in [2.45, 2.75) is 146 Å². The number of carbonyl (C=O) groups is 9. The number of amides is 8. The van der Waals surface area contributed by atoms with Gasteiger partial charge in [-0.2, -0.15) is 0 Å². The minimum atomic E-state index is -4.14. The minimum Gasteiger partial charge on any atom is -0.429 e. The van der Waals surface area contributed by atoms with E-state index < -0.39 is 112 Å². The average molecular weight is 1540 g/mol. The molecule has 0 radical (unpaired) electrons. The molecule has 1 aliphatic heterocycles. The van der Waals surface area contributed by atoms with Crippen LogP contribution < -0.4 is 52.0 Å². The van der Waals surface area contributed by atoms with Gasteiger partial charge < -0.3 is 66.6 Å². The molecule has 0 saturated carbocycles. The standard InChI is InChI=1S/C79H91BrN12O14S/c1-6-82-76(99)70-27-17-39-92(70)77(100)64(26-16-38-83-78(81)91-107(102,103)60-36-28-50(4)29-37-60)86-71(94)65(40-49(2)3)87-74(97)68(44-58-45-84-63-25-15-13-23-61(58)63)89-73(96)67(42-52-31-34-59(35-32-52)106-79(101)105-47-57-22-12-14-24-62(57)80)88-75(98)69(48-104-46-53-18-8-7-9-19-53)90-72(95)66(85-51(5)93)43-54-30-33-55-20-10-11-21-56(55)41-54/h7-15,18-25,28-37,41,45,49,64-70,84H,6,16-17,26-27,38-40,42-44,46-48H2,1-5H3,(H,82,99)(H,85,93)(H,86,94)(H,87,97)(H,88,98)(H,89,96)(H,90,95)(H3,81,83,91)/t64-,65-,66+,67-,68+,69-,70-/m0/s1. The van der Waals surface area contributed by atoms with Crippen LogP contribution in [0.1, 0.15) is 93.2 Å². The smallest absolute Gasteiger partial charge is 0.429 e. The van der Waals surface area contributed by atoms with Gasteiger partial charge in [0.2, 0.25) is 53.2 Å². The van der Waals surface area contributed by atoms with E-state index in [1.165, 1.54) is 36.1 Å². The summed E-state index contributed by atoms with van der Waals surface area (Å²) in [4.78, 5) is 135. The Bertz CT molecular complexity index is 4560. The Hall–Kier alpha value is -11.0. The fraction of sp³-hybridized carbons (Fsp3) is 0.342. The molecule has 26 nitrogen and oxygen atoms in total. The molecule has 0 spiro atoms. The zero-order chi connectivity index (χ0) is 76.6. The Balaban J connectivity index is 1.00. The molecule has 9 rings (SSSR count). The van der Waals surface area contributed by atoms with E-state index in [4.69, 9.17) is 19.6 Å². The van der Waals surface area contributed by atoms with E-state index in [9.17, 15) is 32.4 Å². The Morgan fingerprint density at radius 1 is 0.617 bits per heavy atom. The molecule has 2 heterocycles. The van der Waals surface area contributed by atoms with Crippen molar-refractivity contribution in [1.82, 2.24) is 57.1 Å². The molecule has 7 aromatic carbocycles. The number of aromatic nitrogens is 1. The average Bonchev–Trinajstić information content (AvgIpc) is 1.70. The maximum atomic E-state index is 15.6. The summed E-state index contributed by atoms with van der Waals surface area (Å²) in [6, 6.07) is 39.6. The van der Waals surface area contributed by atoms with Crippen LogP contribution >= 0.6 is 15.9 Å². The number of para-hydroxylation sites is 1. The molecule has 0 unspecified atom stereocenters. The van der Waals surface area contributed by atoms with Gasteiger partial charge in [-0.3, -0.25) is 43.8 Å². The summed E-state index contributed by atoms with van der Waals surface area (Å²) in [6.07, 6.45) is 1.15. The van der Waals surface area contributed by atoms with E-state index in [-0.39, 0.29) is 87.3 Å². The normalized spacial score (nSPS) is 14.4. The lowest BCUT2D eigenvalue weighted by molar-refractivity contribution is -0.142. The summed E-state index contributed by atoms with van der Waals surface area (Å²) < 4.78 is 46.2. The summed E-state index contributed by atoms with van der Waals surface area (Å²) in [5.41, 5.74) is 4.69. The lowest BCUT2D eigenvalue weighted by atomic mass is 9.99. The monoisotopic (exact) mass is 1540 g/mol. The highest BCUT2D eigenvalue weighted by molar-refractivity contribution is 9.10. The number of nitrogens with one attached hydrogen (secondary N) is 11. The third-order valence-electron chi connectivity index (χ3n) is 17.9. The third-order valence-corrected chi connectivity index (χ3v) is 20.0. The fourth-order valence-corrected chi connectivity index (χ4v) is 13.8. The first-order chi connectivity index (χ1) is 51.4. The van der Waals surface area contributed by atoms with Crippen molar-refractivity contribution in [3.63, 3.8) is 0 Å². The lowest BCUT2D eigenvalue weighted by Gasteiger charge is -2.31. The zero-order valence-corrected chi connectivity index (χ0v) is 62.6. The fourth-order valence-electron chi connectivity index (χ4n) is 12.4. The van der Waals surface area contributed by atoms with Gasteiger partial charge in [0.05, 0.1) is 18.1 Å². The van der Waals surface area contributed by atoms with Crippen molar-refractivity contribution in [3.8, 4) is 5.75 Å². The SMILES string of the molecule is CCNC(=O)[C@@H]1CCCN1C(=O)[C@H](CCCNC(=N)NS(=O)(=O)c1ccc(C)cc1)NC(=O)[C@H](CC(C)C)NC(=O)[C@@H](Cc1c[nH]c2ccccc12)NC(=O)[C@H](Cc1ccc(OC(=O)OCc2ccccc2Br)cc1)NC(=O)[C@H](COCc1ccccc1)NC(=O)[C@@H](Cc1ccc2ccccc2c1)NC(C)=O. The summed E-state index contributed by atoms with van der Waals surface area (Å²) in [7, 11) is -4.14. The second-order valence-corrected chi connectivity index (χ2v) is 29.2. The van der Waals surface area contributed by atoms with Crippen molar-refractivity contribution in [2.75, 3.05) is 26.2 Å². The number of nitrogens with zero attached hydrogens (tertiary/aromatic N) is 1. The van der Waals surface area contributed by atoms with Crippen LogP contribution in [0.2, 0.25) is 0 Å². The summed E-state index contributed by atoms with van der Waals surface area (Å²) in [5, 5.41) is 33.5. The van der Waals surface area contributed by atoms with Gasteiger partial charge in [0, 0.05) is 73.0 Å². The zero-order valence-electron chi connectivity index (χ0n) is 60.2. The first-order valence-corrected chi connectivity index (χ1v) is 37.8. The Morgan fingerprint density at radius 3 is 1.92 bits per heavy atom. The van der Waals surface area contributed by atoms with Crippen molar-refractivity contribution in [1.29, 1.82) is 5.41 Å². The summed E-state index contributed by atoms with van der Waals surface area (Å²) >= 11 is 3.45. The Labute approximate surface area is 630 Å². The highest BCUT2D eigenvalue weighted by atomic mass is 79.9. The molecule has 7 atom stereocenters. The number of hydrogen-bond donors (Lipinski definition) is 11. The second-order valence-electron chi connectivity index (χ2n) is 26.7. The predicted octanol–water partition coefficient (Wildman–Crippen LogP) is 7.74. The largest absolute Gasteiger partial charge is 0.514 e. The van der Waals surface area contributed by atoms with Crippen LogP contribution in [-0.2, 0) is 90.3 Å². The van der Waals surface area contributed by atoms with Gasteiger partial charge in [0.25, 0.3) is 10.0 Å². The molecular weight excluding hydrogens is 1450 g/mol. The molecule has 8 amide bonds. The Morgan fingerprint density at radius 2 is 1.21 bits per heavy atom.